The summed E-state index contributed by atoms with van der Waals surface area (Å²) in [4.78, 5) is 25.4. The summed E-state index contributed by atoms with van der Waals surface area (Å²) in [7, 11) is 0. The predicted molar refractivity (Wildman–Crippen MR) is 91.3 cm³/mol. The average Bonchev–Trinajstić information content (AvgIpc) is 3.00. The molecule has 8 heteroatoms. The second-order valence-corrected chi connectivity index (χ2v) is 6.49. The number of carbonyl (C=O) groups excluding carboxylic acids is 2. The van der Waals surface area contributed by atoms with Crippen molar-refractivity contribution in [2.45, 2.75) is 25.9 Å². The van der Waals surface area contributed by atoms with E-state index in [9.17, 15) is 14.0 Å². The Kier molecular flexibility index (Phi) is 5.89. The van der Waals surface area contributed by atoms with E-state index in [4.69, 9.17) is 0 Å². The molecular weight excluding hydrogens is 341 g/mol. The zero-order valence-corrected chi connectivity index (χ0v) is 14.4. The maximum Gasteiger partial charge on any atom is 0.248 e. The zero-order chi connectivity index (χ0) is 15.7. The fourth-order valence-corrected chi connectivity index (χ4v) is 4.03. The van der Waals surface area contributed by atoms with Gasteiger partial charge in [0.2, 0.25) is 11.8 Å². The Morgan fingerprint density at radius 1 is 1.43 bits per heavy atom. The lowest BCUT2D eigenvalue weighted by Gasteiger charge is -2.23. The van der Waals surface area contributed by atoms with E-state index in [1.807, 2.05) is 6.07 Å². The molecule has 1 fully saturated rings. The fourth-order valence-electron chi connectivity index (χ4n) is 2.82. The molecule has 1 saturated heterocycles. The van der Waals surface area contributed by atoms with Crippen LogP contribution in [0.15, 0.2) is 12.1 Å². The van der Waals surface area contributed by atoms with E-state index in [0.717, 1.165) is 12.1 Å². The molecule has 0 spiro atoms. The second-order valence-electron chi connectivity index (χ2n) is 5.49. The van der Waals surface area contributed by atoms with Crippen LogP contribution in [-0.2, 0) is 22.6 Å². The average molecular weight is 360 g/mol. The van der Waals surface area contributed by atoms with Gasteiger partial charge in [0.15, 0.2) is 0 Å². The molecule has 0 saturated carbocycles. The van der Waals surface area contributed by atoms with Crippen LogP contribution < -0.4 is 10.6 Å². The van der Waals surface area contributed by atoms with Gasteiger partial charge in [-0.3, -0.25) is 9.59 Å². The normalized spacial score (nSPS) is 19.7. The molecule has 0 radical (unpaired) electrons. The quantitative estimate of drug-likeness (QED) is 0.844. The SMILES string of the molecule is CC(=O)N1CSCC1C(=O)Nc1ccc2c(c1F)CCNC2.Cl. The molecule has 23 heavy (non-hydrogen) atoms. The molecule has 3 rings (SSSR count). The molecule has 2 aliphatic heterocycles. The van der Waals surface area contributed by atoms with Crippen molar-refractivity contribution in [3.8, 4) is 0 Å². The first-order valence-corrected chi connectivity index (χ1v) is 8.40. The number of amides is 2. The highest BCUT2D eigenvalue weighted by Crippen LogP contribution is 2.26. The third-order valence-electron chi connectivity index (χ3n) is 4.05. The van der Waals surface area contributed by atoms with Crippen LogP contribution >= 0.6 is 24.2 Å². The van der Waals surface area contributed by atoms with E-state index < -0.39 is 6.04 Å². The van der Waals surface area contributed by atoms with E-state index in [0.29, 0.717) is 30.2 Å². The molecule has 2 aliphatic rings. The molecule has 1 unspecified atom stereocenters. The van der Waals surface area contributed by atoms with E-state index >= 15 is 0 Å². The van der Waals surface area contributed by atoms with Crippen molar-refractivity contribution in [3.63, 3.8) is 0 Å². The number of rotatable bonds is 2. The summed E-state index contributed by atoms with van der Waals surface area (Å²) in [5.74, 6) is 0.232. The molecule has 2 heterocycles. The molecule has 0 aliphatic carbocycles. The number of carbonyl (C=O) groups is 2. The maximum atomic E-state index is 14.5. The van der Waals surface area contributed by atoms with Gasteiger partial charge in [0.1, 0.15) is 11.9 Å². The summed E-state index contributed by atoms with van der Waals surface area (Å²) >= 11 is 1.53. The summed E-state index contributed by atoms with van der Waals surface area (Å²) in [6.07, 6.45) is 0.615. The molecule has 1 atom stereocenters. The first-order chi connectivity index (χ1) is 10.6. The number of thioether (sulfide) groups is 1. The van der Waals surface area contributed by atoms with E-state index in [-0.39, 0.29) is 35.7 Å². The Balaban J connectivity index is 0.00000192. The highest BCUT2D eigenvalue weighted by Gasteiger charge is 2.33. The number of halogens is 2. The molecule has 0 bridgehead atoms. The van der Waals surface area contributed by atoms with Crippen molar-refractivity contribution in [2.75, 3.05) is 23.5 Å². The second kappa shape index (κ2) is 7.51. The third kappa shape index (κ3) is 3.62. The Bertz CT molecular complexity index is 629. The first kappa shape index (κ1) is 18.0. The van der Waals surface area contributed by atoms with Gasteiger partial charge >= 0.3 is 0 Å². The molecular formula is C15H19ClFN3O2S. The molecule has 1 aromatic rings. The van der Waals surface area contributed by atoms with Crippen LogP contribution in [0.2, 0.25) is 0 Å². The molecule has 126 valence electrons. The van der Waals surface area contributed by atoms with Crippen molar-refractivity contribution in [1.29, 1.82) is 0 Å². The lowest BCUT2D eigenvalue weighted by atomic mass is 9.99. The summed E-state index contributed by atoms with van der Waals surface area (Å²) < 4.78 is 14.5. The van der Waals surface area contributed by atoms with Crippen LogP contribution in [0.5, 0.6) is 0 Å². The van der Waals surface area contributed by atoms with Crippen LogP contribution in [0.3, 0.4) is 0 Å². The number of fused-ring (bicyclic) bond motifs is 1. The largest absolute Gasteiger partial charge is 0.322 e. The lowest BCUT2D eigenvalue weighted by Crippen LogP contribution is -2.43. The van der Waals surface area contributed by atoms with Crippen LogP contribution in [0.1, 0.15) is 18.1 Å². The Morgan fingerprint density at radius 2 is 2.22 bits per heavy atom. The highest BCUT2D eigenvalue weighted by molar-refractivity contribution is 7.99. The zero-order valence-electron chi connectivity index (χ0n) is 12.7. The number of hydrogen-bond acceptors (Lipinski definition) is 4. The van der Waals surface area contributed by atoms with Gasteiger partial charge in [0.25, 0.3) is 0 Å². The predicted octanol–water partition coefficient (Wildman–Crippen LogP) is 1.75. The number of benzene rings is 1. The number of nitrogens with zero attached hydrogens (tertiary/aromatic N) is 1. The molecule has 1 aromatic carbocycles. The van der Waals surface area contributed by atoms with Gasteiger partial charge in [-0.05, 0) is 30.2 Å². The van der Waals surface area contributed by atoms with E-state index in [1.54, 1.807) is 6.07 Å². The van der Waals surface area contributed by atoms with Gasteiger partial charge in [0.05, 0.1) is 11.6 Å². The van der Waals surface area contributed by atoms with Gasteiger partial charge in [-0.15, -0.1) is 24.2 Å². The molecule has 5 nitrogen and oxygen atoms in total. The molecule has 2 N–H and O–H groups in total. The smallest absolute Gasteiger partial charge is 0.248 e. The minimum absolute atomic E-state index is 0. The van der Waals surface area contributed by atoms with Crippen molar-refractivity contribution in [3.05, 3.63) is 29.1 Å². The van der Waals surface area contributed by atoms with Gasteiger partial charge in [-0.25, -0.2) is 4.39 Å². The minimum atomic E-state index is -0.528. The van der Waals surface area contributed by atoms with E-state index in [2.05, 4.69) is 10.6 Å². The summed E-state index contributed by atoms with van der Waals surface area (Å²) in [5, 5.41) is 5.84. The van der Waals surface area contributed by atoms with Crippen LogP contribution in [-0.4, -0.2) is 40.9 Å². The van der Waals surface area contributed by atoms with Crippen LogP contribution in [0.4, 0.5) is 10.1 Å². The maximum absolute atomic E-state index is 14.5. The van der Waals surface area contributed by atoms with Gasteiger partial charge in [-0.1, -0.05) is 6.07 Å². The van der Waals surface area contributed by atoms with Gasteiger partial charge in [-0.2, -0.15) is 0 Å². The van der Waals surface area contributed by atoms with Gasteiger partial charge < -0.3 is 15.5 Å². The number of nitrogens with one attached hydrogen (secondary N) is 2. The Morgan fingerprint density at radius 3 is 2.96 bits per heavy atom. The summed E-state index contributed by atoms with van der Waals surface area (Å²) in [6.45, 7) is 2.83. The topological polar surface area (TPSA) is 61.4 Å². The number of hydrogen-bond donors (Lipinski definition) is 2. The van der Waals surface area contributed by atoms with E-state index in [1.165, 1.54) is 23.6 Å². The molecule has 0 aromatic heterocycles. The van der Waals surface area contributed by atoms with Crippen molar-refractivity contribution in [1.82, 2.24) is 10.2 Å². The third-order valence-corrected chi connectivity index (χ3v) is 5.07. The van der Waals surface area contributed by atoms with Gasteiger partial charge in [0, 0.05) is 19.2 Å². The van der Waals surface area contributed by atoms with Crippen molar-refractivity contribution < 1.29 is 14.0 Å². The minimum Gasteiger partial charge on any atom is -0.322 e. The summed E-state index contributed by atoms with van der Waals surface area (Å²) in [6, 6.07) is 2.91. The Labute approximate surface area is 144 Å². The first-order valence-electron chi connectivity index (χ1n) is 7.24. The highest BCUT2D eigenvalue weighted by atomic mass is 35.5. The lowest BCUT2D eigenvalue weighted by molar-refractivity contribution is -0.134. The fraction of sp³-hybridized carbons (Fsp3) is 0.467. The van der Waals surface area contributed by atoms with Crippen molar-refractivity contribution >= 4 is 41.7 Å². The monoisotopic (exact) mass is 359 g/mol. The summed E-state index contributed by atoms with van der Waals surface area (Å²) in [5.41, 5.74) is 1.80. The van der Waals surface area contributed by atoms with Crippen LogP contribution in [0.25, 0.3) is 0 Å². The number of anilines is 1. The van der Waals surface area contributed by atoms with Crippen LogP contribution in [0, 0.1) is 5.82 Å². The Hall–Kier alpha value is -1.31. The van der Waals surface area contributed by atoms with Crippen molar-refractivity contribution in [2.24, 2.45) is 0 Å². The molecule has 2 amide bonds. The standard InChI is InChI=1S/C15H18FN3O2S.ClH/c1-9(20)19-8-22-7-13(19)15(21)18-12-3-2-10-6-17-5-4-11(10)14(12)16;/h2-3,13,17H,4-8H2,1H3,(H,18,21);1H.